The second-order valence-electron chi connectivity index (χ2n) is 4.65. The van der Waals surface area contributed by atoms with Crippen LogP contribution in [0, 0.1) is 0 Å². The number of halogens is 1. The first kappa shape index (κ1) is 14.5. The van der Waals surface area contributed by atoms with E-state index in [1.807, 2.05) is 24.3 Å². The first-order chi connectivity index (χ1) is 10.7. The predicted molar refractivity (Wildman–Crippen MR) is 91.4 cm³/mol. The van der Waals surface area contributed by atoms with Crippen molar-refractivity contribution in [3.05, 3.63) is 58.7 Å². The average Bonchev–Trinajstić information content (AvgIpc) is 2.56. The molecule has 110 valence electrons. The lowest BCUT2D eigenvalue weighted by Gasteiger charge is -2.05. The second-order valence-corrected chi connectivity index (χ2v) is 5.50. The zero-order valence-corrected chi connectivity index (χ0v) is 13.4. The molecule has 0 aliphatic heterocycles. The number of hydrogen-bond donors (Lipinski definition) is 1. The van der Waals surface area contributed by atoms with Crippen molar-refractivity contribution >= 4 is 38.7 Å². The van der Waals surface area contributed by atoms with Gasteiger partial charge in [-0.2, -0.15) is 0 Å². The maximum absolute atomic E-state index is 9.90. The van der Waals surface area contributed by atoms with E-state index in [0.29, 0.717) is 11.3 Å². The number of aromatic nitrogens is 1. The number of rotatable bonds is 3. The van der Waals surface area contributed by atoms with Crippen LogP contribution in [0.5, 0.6) is 11.5 Å². The van der Waals surface area contributed by atoms with Gasteiger partial charge in [0.1, 0.15) is 11.5 Å². The number of phenols is 1. The predicted octanol–water partition coefficient (Wildman–Crippen LogP) is 4.46. The van der Waals surface area contributed by atoms with Crippen molar-refractivity contribution in [2.45, 2.75) is 0 Å². The van der Waals surface area contributed by atoms with Crippen LogP contribution in [-0.4, -0.2) is 23.4 Å². The molecule has 0 atom stereocenters. The van der Waals surface area contributed by atoms with Crippen LogP contribution in [0.1, 0.15) is 5.56 Å². The summed E-state index contributed by atoms with van der Waals surface area (Å²) in [5, 5.41) is 10.9. The van der Waals surface area contributed by atoms with E-state index >= 15 is 0 Å². The lowest BCUT2D eigenvalue weighted by Crippen LogP contribution is -1.87. The Hall–Kier alpha value is -2.40. The van der Waals surface area contributed by atoms with Gasteiger partial charge < -0.3 is 9.84 Å². The molecule has 22 heavy (non-hydrogen) atoms. The van der Waals surface area contributed by atoms with Gasteiger partial charge in [0.2, 0.25) is 0 Å². The van der Waals surface area contributed by atoms with Crippen molar-refractivity contribution in [1.82, 2.24) is 4.98 Å². The third-order valence-electron chi connectivity index (χ3n) is 3.27. The van der Waals surface area contributed by atoms with Gasteiger partial charge in [0, 0.05) is 27.8 Å². The average molecular weight is 357 g/mol. The number of fused-ring (bicyclic) bond motifs is 1. The quantitative estimate of drug-likeness (QED) is 0.704. The molecule has 0 aliphatic rings. The molecular weight excluding hydrogens is 344 g/mol. The lowest BCUT2D eigenvalue weighted by atomic mass is 10.2. The Balaban J connectivity index is 2.05. The molecule has 1 N–H and O–H groups in total. The minimum absolute atomic E-state index is 0.152. The van der Waals surface area contributed by atoms with Crippen LogP contribution in [0.25, 0.3) is 10.9 Å². The van der Waals surface area contributed by atoms with Gasteiger partial charge in [-0.05, 0) is 36.4 Å². The van der Waals surface area contributed by atoms with Crippen molar-refractivity contribution in [1.29, 1.82) is 0 Å². The van der Waals surface area contributed by atoms with E-state index < -0.39 is 0 Å². The molecule has 0 radical (unpaired) electrons. The van der Waals surface area contributed by atoms with Crippen molar-refractivity contribution in [2.75, 3.05) is 7.11 Å². The fraction of sp³-hybridized carbons (Fsp3) is 0.0588. The molecule has 0 fully saturated rings. The number of ether oxygens (including phenoxy) is 1. The summed E-state index contributed by atoms with van der Waals surface area (Å²) >= 11 is 3.51. The highest BCUT2D eigenvalue weighted by Gasteiger charge is 2.05. The summed E-state index contributed by atoms with van der Waals surface area (Å²) < 4.78 is 6.13. The SMILES string of the molecule is COc1ccc(O)c(C=Nc2ccc(Br)c3cccnc23)c1. The standard InChI is InChI=1S/C17H13BrN2O2/c1-22-12-4-7-16(21)11(9-12)10-20-15-6-5-14(18)13-3-2-8-19-17(13)15/h2-10,21H,1H3. The molecule has 0 spiro atoms. The number of methoxy groups -OCH3 is 1. The molecule has 3 rings (SSSR count). The number of hydrogen-bond acceptors (Lipinski definition) is 4. The molecule has 1 heterocycles. The van der Waals surface area contributed by atoms with Gasteiger partial charge in [-0.25, -0.2) is 0 Å². The molecule has 3 aromatic rings. The van der Waals surface area contributed by atoms with Crippen LogP contribution in [0.3, 0.4) is 0 Å². The van der Waals surface area contributed by atoms with Crippen LogP contribution in [0.4, 0.5) is 5.69 Å². The van der Waals surface area contributed by atoms with Crippen molar-refractivity contribution in [3.8, 4) is 11.5 Å². The summed E-state index contributed by atoms with van der Waals surface area (Å²) in [5.41, 5.74) is 2.13. The maximum atomic E-state index is 9.90. The number of aromatic hydroxyl groups is 1. The zero-order chi connectivity index (χ0) is 15.5. The Morgan fingerprint density at radius 1 is 1.23 bits per heavy atom. The summed E-state index contributed by atoms with van der Waals surface area (Å²) in [6.45, 7) is 0. The largest absolute Gasteiger partial charge is 0.507 e. The summed E-state index contributed by atoms with van der Waals surface area (Å²) in [4.78, 5) is 8.84. The van der Waals surface area contributed by atoms with E-state index in [4.69, 9.17) is 4.74 Å². The fourth-order valence-corrected chi connectivity index (χ4v) is 2.58. The maximum Gasteiger partial charge on any atom is 0.124 e. The van der Waals surface area contributed by atoms with E-state index in [0.717, 1.165) is 21.1 Å². The van der Waals surface area contributed by atoms with E-state index in [1.165, 1.54) is 0 Å². The summed E-state index contributed by atoms with van der Waals surface area (Å²) in [6, 6.07) is 12.7. The second kappa shape index (κ2) is 6.15. The van der Waals surface area contributed by atoms with Crippen molar-refractivity contribution in [2.24, 2.45) is 4.99 Å². The number of phenolic OH excluding ortho intramolecular Hbond substituents is 1. The summed E-state index contributed by atoms with van der Waals surface area (Å²) in [5.74, 6) is 0.817. The number of benzene rings is 2. The van der Waals surface area contributed by atoms with Gasteiger partial charge in [0.25, 0.3) is 0 Å². The first-order valence-electron chi connectivity index (χ1n) is 6.63. The van der Waals surface area contributed by atoms with Crippen LogP contribution in [-0.2, 0) is 0 Å². The molecule has 0 bridgehead atoms. The Morgan fingerprint density at radius 2 is 2.09 bits per heavy atom. The minimum Gasteiger partial charge on any atom is -0.507 e. The van der Waals surface area contributed by atoms with Crippen molar-refractivity contribution in [3.63, 3.8) is 0 Å². The van der Waals surface area contributed by atoms with Crippen molar-refractivity contribution < 1.29 is 9.84 Å². The summed E-state index contributed by atoms with van der Waals surface area (Å²) in [6.07, 6.45) is 3.34. The highest BCUT2D eigenvalue weighted by molar-refractivity contribution is 9.10. The monoisotopic (exact) mass is 356 g/mol. The molecule has 0 unspecified atom stereocenters. The van der Waals surface area contributed by atoms with Gasteiger partial charge in [0.05, 0.1) is 18.3 Å². The molecule has 0 saturated carbocycles. The van der Waals surface area contributed by atoms with Gasteiger partial charge in [0.15, 0.2) is 0 Å². The summed E-state index contributed by atoms with van der Waals surface area (Å²) in [7, 11) is 1.58. The van der Waals surface area contributed by atoms with Crippen LogP contribution >= 0.6 is 15.9 Å². The Kier molecular flexibility index (Phi) is 4.06. The number of pyridine rings is 1. The smallest absolute Gasteiger partial charge is 0.124 e. The molecule has 0 amide bonds. The van der Waals surface area contributed by atoms with Gasteiger partial charge in [-0.15, -0.1) is 0 Å². The Morgan fingerprint density at radius 3 is 2.91 bits per heavy atom. The van der Waals surface area contributed by atoms with Gasteiger partial charge in [-0.1, -0.05) is 22.0 Å². The number of nitrogens with zero attached hydrogens (tertiary/aromatic N) is 2. The Labute approximate surface area is 136 Å². The molecule has 0 aliphatic carbocycles. The van der Waals surface area contributed by atoms with Gasteiger partial charge >= 0.3 is 0 Å². The topological polar surface area (TPSA) is 54.7 Å². The number of aliphatic imine (C=N–C) groups is 1. The lowest BCUT2D eigenvalue weighted by molar-refractivity contribution is 0.412. The third kappa shape index (κ3) is 2.80. The third-order valence-corrected chi connectivity index (χ3v) is 3.96. The highest BCUT2D eigenvalue weighted by atomic mass is 79.9. The minimum atomic E-state index is 0.152. The molecule has 2 aromatic carbocycles. The van der Waals surface area contributed by atoms with Gasteiger partial charge in [-0.3, -0.25) is 9.98 Å². The van der Waals surface area contributed by atoms with Crippen LogP contribution in [0.15, 0.2) is 58.1 Å². The molecule has 4 nitrogen and oxygen atoms in total. The fourth-order valence-electron chi connectivity index (χ4n) is 2.13. The Bertz CT molecular complexity index is 862. The first-order valence-corrected chi connectivity index (χ1v) is 7.42. The molecule has 0 saturated heterocycles. The normalized spacial score (nSPS) is 11.2. The zero-order valence-electron chi connectivity index (χ0n) is 11.8. The van der Waals surface area contributed by atoms with Crippen LogP contribution < -0.4 is 4.74 Å². The molecule has 1 aromatic heterocycles. The van der Waals surface area contributed by atoms with E-state index in [2.05, 4.69) is 25.9 Å². The molecule has 5 heteroatoms. The van der Waals surface area contributed by atoms with Crippen LogP contribution in [0.2, 0.25) is 0 Å². The van der Waals surface area contributed by atoms with E-state index in [1.54, 1.807) is 37.7 Å². The van der Waals surface area contributed by atoms with E-state index in [-0.39, 0.29) is 5.75 Å². The highest BCUT2D eigenvalue weighted by Crippen LogP contribution is 2.30. The molecular formula is C17H13BrN2O2. The van der Waals surface area contributed by atoms with E-state index in [9.17, 15) is 5.11 Å².